The average Bonchev–Trinajstić information content (AvgIpc) is 3.02. The average molecular weight is 297 g/mol. The van der Waals surface area contributed by atoms with Crippen LogP contribution in [0, 0.1) is 5.92 Å². The van der Waals surface area contributed by atoms with Crippen molar-refractivity contribution in [2.24, 2.45) is 5.92 Å². The Hall–Kier alpha value is -0.460. The first-order valence-electron chi connectivity index (χ1n) is 8.22. The van der Waals surface area contributed by atoms with E-state index in [1.165, 1.54) is 6.42 Å². The molecule has 0 aromatic rings. The fourth-order valence-corrected chi connectivity index (χ4v) is 3.10. The summed E-state index contributed by atoms with van der Waals surface area (Å²) < 4.78 is 22.9. The number of morpholine rings is 1. The maximum absolute atomic E-state index is 5.98. The molecule has 0 saturated carbocycles. The molecule has 3 rings (SSSR count). The predicted molar refractivity (Wildman–Crippen MR) is 79.2 cm³/mol. The summed E-state index contributed by atoms with van der Waals surface area (Å²) in [7, 11) is 0. The Balaban J connectivity index is 1.27. The molecule has 0 bridgehead atoms. The van der Waals surface area contributed by atoms with Crippen molar-refractivity contribution in [1.29, 1.82) is 0 Å². The van der Waals surface area contributed by atoms with E-state index in [1.54, 1.807) is 0 Å². The molecule has 2 saturated heterocycles. The first-order chi connectivity index (χ1) is 10.4. The Morgan fingerprint density at radius 3 is 2.90 bits per heavy atom. The van der Waals surface area contributed by atoms with E-state index in [0.717, 1.165) is 52.3 Å². The molecule has 0 aromatic heterocycles. The van der Waals surface area contributed by atoms with Crippen LogP contribution in [0.1, 0.15) is 19.3 Å². The lowest BCUT2D eigenvalue weighted by atomic mass is 9.94. The Morgan fingerprint density at radius 1 is 1.19 bits per heavy atom. The molecule has 0 radical (unpaired) electrons. The molecule has 0 aromatic carbocycles. The zero-order valence-corrected chi connectivity index (χ0v) is 12.7. The van der Waals surface area contributed by atoms with Crippen LogP contribution in [-0.2, 0) is 18.9 Å². The van der Waals surface area contributed by atoms with Crippen molar-refractivity contribution in [1.82, 2.24) is 4.90 Å². The maximum atomic E-state index is 5.98. The minimum Gasteiger partial charge on any atom is -0.379 e. The molecule has 21 heavy (non-hydrogen) atoms. The minimum absolute atomic E-state index is 0.0252. The van der Waals surface area contributed by atoms with Gasteiger partial charge in [-0.2, -0.15) is 0 Å². The first kappa shape index (κ1) is 15.4. The zero-order chi connectivity index (χ0) is 14.3. The Kier molecular flexibility index (Phi) is 6.06. The van der Waals surface area contributed by atoms with Gasteiger partial charge in [0.15, 0.2) is 6.29 Å². The minimum atomic E-state index is -0.0252. The normalized spacial score (nSPS) is 34.4. The molecular weight excluding hydrogens is 270 g/mol. The summed E-state index contributed by atoms with van der Waals surface area (Å²) in [6.45, 7) is 6.78. The summed E-state index contributed by atoms with van der Waals surface area (Å²) in [4.78, 5) is 2.38. The number of allylic oxidation sites excluding steroid dienone is 2. The lowest BCUT2D eigenvalue weighted by Gasteiger charge is -2.26. The van der Waals surface area contributed by atoms with Gasteiger partial charge >= 0.3 is 0 Å². The van der Waals surface area contributed by atoms with Crippen LogP contribution in [0.2, 0.25) is 0 Å². The Morgan fingerprint density at radius 2 is 2.10 bits per heavy atom. The quantitative estimate of drug-likeness (QED) is 0.548. The van der Waals surface area contributed by atoms with Gasteiger partial charge in [-0.1, -0.05) is 12.2 Å². The van der Waals surface area contributed by atoms with E-state index in [9.17, 15) is 0 Å². The van der Waals surface area contributed by atoms with Crippen LogP contribution >= 0.6 is 0 Å². The van der Waals surface area contributed by atoms with Crippen LogP contribution in [0.3, 0.4) is 0 Å². The third-order valence-corrected chi connectivity index (χ3v) is 4.43. The predicted octanol–water partition coefficient (Wildman–Crippen LogP) is 1.43. The van der Waals surface area contributed by atoms with E-state index in [4.69, 9.17) is 18.9 Å². The maximum Gasteiger partial charge on any atom is 0.161 e. The molecule has 0 N–H and O–H groups in total. The van der Waals surface area contributed by atoms with Crippen molar-refractivity contribution in [3.63, 3.8) is 0 Å². The highest BCUT2D eigenvalue weighted by Gasteiger charge is 2.32. The monoisotopic (exact) mass is 297 g/mol. The summed E-state index contributed by atoms with van der Waals surface area (Å²) >= 11 is 0. The topological polar surface area (TPSA) is 40.2 Å². The van der Waals surface area contributed by atoms with Crippen molar-refractivity contribution >= 4 is 0 Å². The second-order valence-electron chi connectivity index (χ2n) is 6.03. The first-order valence-corrected chi connectivity index (χ1v) is 8.22. The fourth-order valence-electron chi connectivity index (χ4n) is 3.10. The van der Waals surface area contributed by atoms with Crippen LogP contribution in [0.25, 0.3) is 0 Å². The molecule has 0 amide bonds. The lowest BCUT2D eigenvalue weighted by Crippen LogP contribution is -2.38. The highest BCUT2D eigenvalue weighted by atomic mass is 16.7. The molecule has 0 unspecified atom stereocenters. The summed E-state index contributed by atoms with van der Waals surface area (Å²) in [5.41, 5.74) is 0. The fraction of sp³-hybridized carbons (Fsp3) is 0.875. The summed E-state index contributed by atoms with van der Waals surface area (Å²) in [6, 6.07) is 0. The second kappa shape index (κ2) is 8.25. The van der Waals surface area contributed by atoms with Crippen LogP contribution < -0.4 is 0 Å². The summed E-state index contributed by atoms with van der Waals surface area (Å²) in [6.07, 6.45) is 7.97. The smallest absolute Gasteiger partial charge is 0.161 e. The largest absolute Gasteiger partial charge is 0.379 e. The van der Waals surface area contributed by atoms with Gasteiger partial charge in [0.2, 0.25) is 0 Å². The van der Waals surface area contributed by atoms with Gasteiger partial charge in [0.05, 0.1) is 33.0 Å². The zero-order valence-electron chi connectivity index (χ0n) is 12.7. The SMILES string of the molecule is C1=CC[C@H]([C@H]2OC[C@H](COCCN3CCOCC3)O2)CC1. The number of hydrogen-bond acceptors (Lipinski definition) is 5. The molecule has 2 heterocycles. The van der Waals surface area contributed by atoms with Gasteiger partial charge in [0, 0.05) is 25.6 Å². The van der Waals surface area contributed by atoms with E-state index in [2.05, 4.69) is 17.1 Å². The molecule has 5 nitrogen and oxygen atoms in total. The summed E-state index contributed by atoms with van der Waals surface area (Å²) in [5, 5.41) is 0. The standard InChI is InChI=1S/C16H27NO4/c1-2-4-14(5-3-1)16-20-13-15(21-16)12-19-11-8-17-6-9-18-10-7-17/h1-2,14-16H,3-13H2/t14-,15-,16-/m0/s1. The van der Waals surface area contributed by atoms with Crippen molar-refractivity contribution in [2.45, 2.75) is 31.7 Å². The number of ether oxygens (including phenoxy) is 4. The molecule has 1 aliphatic carbocycles. The highest BCUT2D eigenvalue weighted by Crippen LogP contribution is 2.28. The van der Waals surface area contributed by atoms with Crippen LogP contribution in [0.5, 0.6) is 0 Å². The Labute approximate surface area is 127 Å². The summed E-state index contributed by atoms with van der Waals surface area (Å²) in [5.74, 6) is 0.522. The van der Waals surface area contributed by atoms with Crippen LogP contribution in [-0.4, -0.2) is 70.0 Å². The van der Waals surface area contributed by atoms with Gasteiger partial charge in [-0.15, -0.1) is 0 Å². The third kappa shape index (κ3) is 4.76. The molecule has 2 fully saturated rings. The molecule has 2 aliphatic heterocycles. The van der Waals surface area contributed by atoms with E-state index >= 15 is 0 Å². The van der Waals surface area contributed by atoms with Crippen molar-refractivity contribution in [3.8, 4) is 0 Å². The molecule has 0 spiro atoms. The Bertz CT molecular complexity index is 330. The van der Waals surface area contributed by atoms with E-state index in [0.29, 0.717) is 19.1 Å². The second-order valence-corrected chi connectivity index (χ2v) is 6.03. The molecule has 120 valence electrons. The number of hydrogen-bond donors (Lipinski definition) is 0. The van der Waals surface area contributed by atoms with Gasteiger partial charge in [-0.25, -0.2) is 0 Å². The van der Waals surface area contributed by atoms with Gasteiger partial charge in [-0.05, 0) is 19.3 Å². The van der Waals surface area contributed by atoms with Gasteiger partial charge in [0.1, 0.15) is 6.10 Å². The van der Waals surface area contributed by atoms with Crippen molar-refractivity contribution < 1.29 is 18.9 Å². The number of rotatable bonds is 6. The van der Waals surface area contributed by atoms with Crippen molar-refractivity contribution in [3.05, 3.63) is 12.2 Å². The van der Waals surface area contributed by atoms with Crippen LogP contribution in [0.15, 0.2) is 12.2 Å². The lowest BCUT2D eigenvalue weighted by molar-refractivity contribution is -0.108. The van der Waals surface area contributed by atoms with Gasteiger partial charge in [0.25, 0.3) is 0 Å². The van der Waals surface area contributed by atoms with E-state index < -0.39 is 0 Å². The van der Waals surface area contributed by atoms with Crippen LogP contribution in [0.4, 0.5) is 0 Å². The molecule has 3 aliphatic rings. The number of nitrogens with zero attached hydrogens (tertiary/aromatic N) is 1. The van der Waals surface area contributed by atoms with Gasteiger partial charge < -0.3 is 18.9 Å². The molecule has 3 atom stereocenters. The molecule has 5 heteroatoms. The highest BCUT2D eigenvalue weighted by molar-refractivity contribution is 4.91. The molecular formula is C16H27NO4. The third-order valence-electron chi connectivity index (χ3n) is 4.43. The van der Waals surface area contributed by atoms with Gasteiger partial charge in [-0.3, -0.25) is 4.90 Å². The van der Waals surface area contributed by atoms with E-state index in [1.807, 2.05) is 0 Å². The van der Waals surface area contributed by atoms with E-state index in [-0.39, 0.29) is 12.4 Å². The van der Waals surface area contributed by atoms with Crippen molar-refractivity contribution in [2.75, 3.05) is 52.7 Å².